The fraction of sp³-hybridized carbons (Fsp3) is 0.300. The lowest BCUT2D eigenvalue weighted by atomic mass is 10.2. The molecule has 6 heteroatoms. The first-order chi connectivity index (χ1) is 7.62. The third kappa shape index (κ3) is 2.70. The average Bonchev–Trinajstić information content (AvgIpc) is 2.29. The van der Waals surface area contributed by atoms with Crippen LogP contribution in [0.1, 0.15) is 0 Å². The number of anilines is 1. The van der Waals surface area contributed by atoms with Crippen LogP contribution in [0.15, 0.2) is 12.1 Å². The molecule has 88 valence electrons. The summed E-state index contributed by atoms with van der Waals surface area (Å²) in [6, 6.07) is 3.10. The number of methoxy groups -OCH3 is 3. The summed E-state index contributed by atoms with van der Waals surface area (Å²) >= 11 is 5.91. The van der Waals surface area contributed by atoms with E-state index in [4.69, 9.17) is 21.1 Å². The van der Waals surface area contributed by atoms with Crippen molar-refractivity contribution in [1.29, 1.82) is 0 Å². The Morgan fingerprint density at radius 2 is 1.81 bits per heavy atom. The maximum atomic E-state index is 11.1. The van der Waals surface area contributed by atoms with E-state index in [-0.39, 0.29) is 0 Å². The van der Waals surface area contributed by atoms with Crippen molar-refractivity contribution >= 4 is 23.4 Å². The number of rotatable bonds is 3. The number of benzene rings is 1. The summed E-state index contributed by atoms with van der Waals surface area (Å²) in [6.07, 6.45) is -0.598. The van der Waals surface area contributed by atoms with E-state index in [2.05, 4.69) is 10.1 Å². The van der Waals surface area contributed by atoms with E-state index in [1.54, 1.807) is 6.07 Å². The first kappa shape index (κ1) is 12.4. The minimum atomic E-state index is -0.598. The van der Waals surface area contributed by atoms with Gasteiger partial charge in [-0.2, -0.15) is 0 Å². The van der Waals surface area contributed by atoms with Crippen molar-refractivity contribution in [1.82, 2.24) is 0 Å². The van der Waals surface area contributed by atoms with E-state index in [0.29, 0.717) is 22.2 Å². The standard InChI is InChI=1S/C10H12ClNO4/c1-14-8-5-9(15-2)7(4-6(8)11)12-10(13)16-3/h4-5H,1-3H3,(H,12,13). The zero-order chi connectivity index (χ0) is 12.1. The SMILES string of the molecule is COC(=O)Nc1cc(Cl)c(OC)cc1OC. The third-order valence-corrected chi connectivity index (χ3v) is 2.19. The normalized spacial score (nSPS) is 9.50. The summed E-state index contributed by atoms with van der Waals surface area (Å²) in [5.41, 5.74) is 0.417. The Hall–Kier alpha value is -1.62. The topological polar surface area (TPSA) is 56.8 Å². The van der Waals surface area contributed by atoms with Crippen LogP contribution in [0.25, 0.3) is 0 Å². The van der Waals surface area contributed by atoms with Gasteiger partial charge < -0.3 is 14.2 Å². The number of amides is 1. The summed E-state index contributed by atoms with van der Waals surface area (Å²) < 4.78 is 14.6. The number of carbonyl (C=O) groups is 1. The first-order valence-electron chi connectivity index (χ1n) is 4.38. The Morgan fingerprint density at radius 3 is 2.31 bits per heavy atom. The molecule has 0 aliphatic carbocycles. The van der Waals surface area contributed by atoms with Crippen LogP contribution in [-0.2, 0) is 4.74 Å². The third-order valence-electron chi connectivity index (χ3n) is 1.90. The molecular weight excluding hydrogens is 234 g/mol. The largest absolute Gasteiger partial charge is 0.495 e. The van der Waals surface area contributed by atoms with Crippen molar-refractivity contribution in [2.45, 2.75) is 0 Å². The molecule has 0 aliphatic rings. The van der Waals surface area contributed by atoms with Crippen molar-refractivity contribution in [3.63, 3.8) is 0 Å². The van der Waals surface area contributed by atoms with Crippen molar-refractivity contribution in [3.8, 4) is 11.5 Å². The molecule has 0 saturated heterocycles. The first-order valence-corrected chi connectivity index (χ1v) is 4.76. The lowest BCUT2D eigenvalue weighted by molar-refractivity contribution is 0.187. The molecule has 0 aliphatic heterocycles. The fourth-order valence-corrected chi connectivity index (χ4v) is 1.36. The Kier molecular flexibility index (Phi) is 4.25. The quantitative estimate of drug-likeness (QED) is 0.889. The van der Waals surface area contributed by atoms with Gasteiger partial charge in [-0.05, 0) is 6.07 Å². The smallest absolute Gasteiger partial charge is 0.411 e. The fourth-order valence-electron chi connectivity index (χ4n) is 1.12. The second kappa shape index (κ2) is 5.46. The van der Waals surface area contributed by atoms with E-state index in [0.717, 1.165) is 0 Å². The van der Waals surface area contributed by atoms with Gasteiger partial charge in [0.2, 0.25) is 0 Å². The Balaban J connectivity index is 3.08. The predicted octanol–water partition coefficient (Wildman–Crippen LogP) is 2.54. The van der Waals surface area contributed by atoms with Crippen LogP contribution in [-0.4, -0.2) is 27.4 Å². The number of nitrogens with one attached hydrogen (secondary N) is 1. The van der Waals surface area contributed by atoms with Gasteiger partial charge in [0, 0.05) is 6.07 Å². The molecule has 1 rings (SSSR count). The maximum absolute atomic E-state index is 11.1. The molecule has 1 aromatic rings. The second-order valence-electron chi connectivity index (χ2n) is 2.80. The molecule has 0 atom stereocenters. The molecule has 5 nitrogen and oxygen atoms in total. The summed E-state index contributed by atoms with van der Waals surface area (Å²) in [7, 11) is 4.24. The highest BCUT2D eigenvalue weighted by Crippen LogP contribution is 2.35. The molecule has 16 heavy (non-hydrogen) atoms. The van der Waals surface area contributed by atoms with Gasteiger partial charge in [-0.25, -0.2) is 4.79 Å². The molecule has 1 amide bonds. The number of ether oxygens (including phenoxy) is 3. The molecular formula is C10H12ClNO4. The number of halogens is 1. The Bertz CT molecular complexity index is 395. The van der Waals surface area contributed by atoms with Gasteiger partial charge in [0.25, 0.3) is 0 Å². The second-order valence-corrected chi connectivity index (χ2v) is 3.21. The van der Waals surface area contributed by atoms with Crippen LogP contribution in [0.3, 0.4) is 0 Å². The summed E-state index contributed by atoms with van der Waals surface area (Å²) in [5, 5.41) is 2.85. The van der Waals surface area contributed by atoms with Gasteiger partial charge in [0.1, 0.15) is 11.5 Å². The van der Waals surface area contributed by atoms with Gasteiger partial charge in [0.05, 0.1) is 32.0 Å². The van der Waals surface area contributed by atoms with Crippen LogP contribution >= 0.6 is 11.6 Å². The van der Waals surface area contributed by atoms with E-state index in [9.17, 15) is 4.79 Å². The van der Waals surface area contributed by atoms with Crippen LogP contribution < -0.4 is 14.8 Å². The number of hydrogen-bond acceptors (Lipinski definition) is 4. The molecule has 0 unspecified atom stereocenters. The molecule has 0 radical (unpaired) electrons. The minimum absolute atomic E-state index is 0.370. The molecule has 0 fully saturated rings. The van der Waals surface area contributed by atoms with Crippen molar-refractivity contribution < 1.29 is 19.0 Å². The summed E-state index contributed by atoms with van der Waals surface area (Å²) in [6.45, 7) is 0. The van der Waals surface area contributed by atoms with Crippen LogP contribution in [0.5, 0.6) is 11.5 Å². The van der Waals surface area contributed by atoms with Gasteiger partial charge in [-0.15, -0.1) is 0 Å². The minimum Gasteiger partial charge on any atom is -0.495 e. The van der Waals surface area contributed by atoms with Gasteiger partial charge in [0.15, 0.2) is 0 Å². The highest BCUT2D eigenvalue weighted by molar-refractivity contribution is 6.32. The summed E-state index contributed by atoms with van der Waals surface area (Å²) in [4.78, 5) is 11.1. The molecule has 0 saturated carbocycles. The molecule has 0 aromatic heterocycles. The lowest BCUT2D eigenvalue weighted by Crippen LogP contribution is -2.11. The molecule has 0 spiro atoms. The monoisotopic (exact) mass is 245 g/mol. The maximum Gasteiger partial charge on any atom is 0.411 e. The average molecular weight is 246 g/mol. The number of hydrogen-bond donors (Lipinski definition) is 1. The van der Waals surface area contributed by atoms with Gasteiger partial charge in [-0.1, -0.05) is 11.6 Å². The van der Waals surface area contributed by atoms with Crippen molar-refractivity contribution in [3.05, 3.63) is 17.2 Å². The van der Waals surface area contributed by atoms with E-state index in [1.807, 2.05) is 0 Å². The summed E-state index contributed by atoms with van der Waals surface area (Å²) in [5.74, 6) is 0.903. The van der Waals surface area contributed by atoms with Gasteiger partial charge in [-0.3, -0.25) is 5.32 Å². The van der Waals surface area contributed by atoms with Crippen LogP contribution in [0.2, 0.25) is 5.02 Å². The van der Waals surface area contributed by atoms with Crippen molar-refractivity contribution in [2.24, 2.45) is 0 Å². The van der Waals surface area contributed by atoms with Crippen LogP contribution in [0, 0.1) is 0 Å². The number of carbonyl (C=O) groups excluding carboxylic acids is 1. The lowest BCUT2D eigenvalue weighted by Gasteiger charge is -2.12. The predicted molar refractivity (Wildman–Crippen MR) is 60.6 cm³/mol. The molecule has 1 N–H and O–H groups in total. The van der Waals surface area contributed by atoms with Gasteiger partial charge >= 0.3 is 6.09 Å². The highest BCUT2D eigenvalue weighted by Gasteiger charge is 2.12. The Morgan fingerprint density at radius 1 is 1.19 bits per heavy atom. The van der Waals surface area contributed by atoms with E-state index >= 15 is 0 Å². The molecule has 0 heterocycles. The van der Waals surface area contributed by atoms with E-state index in [1.165, 1.54) is 27.4 Å². The van der Waals surface area contributed by atoms with Crippen molar-refractivity contribution in [2.75, 3.05) is 26.6 Å². The zero-order valence-corrected chi connectivity index (χ0v) is 9.92. The highest BCUT2D eigenvalue weighted by atomic mass is 35.5. The molecule has 1 aromatic carbocycles. The van der Waals surface area contributed by atoms with Crippen LogP contribution in [0.4, 0.5) is 10.5 Å². The van der Waals surface area contributed by atoms with E-state index < -0.39 is 6.09 Å². The zero-order valence-electron chi connectivity index (χ0n) is 9.17. The molecule has 0 bridgehead atoms. The Labute approximate surface area is 98.2 Å².